The number of sulfonamides is 1. The van der Waals surface area contributed by atoms with E-state index in [1.807, 2.05) is 0 Å². The summed E-state index contributed by atoms with van der Waals surface area (Å²) in [4.78, 5) is 23.4. The van der Waals surface area contributed by atoms with Gasteiger partial charge in [-0.3, -0.25) is 9.59 Å². The predicted octanol–water partition coefficient (Wildman–Crippen LogP) is 2.24. The number of nitrogens with zero attached hydrogens (tertiary/aromatic N) is 2. The van der Waals surface area contributed by atoms with Crippen LogP contribution in [0.4, 0.5) is 11.4 Å². The van der Waals surface area contributed by atoms with E-state index in [0.717, 1.165) is 11.3 Å². The van der Waals surface area contributed by atoms with Crippen LogP contribution in [0.15, 0.2) is 53.4 Å². The van der Waals surface area contributed by atoms with Crippen LogP contribution < -0.4 is 20.1 Å². The largest absolute Gasteiger partial charge is 0.497 e. The molecule has 2 amide bonds. The number of aromatic nitrogens is 2. The van der Waals surface area contributed by atoms with Gasteiger partial charge in [-0.15, -0.1) is 10.2 Å². The van der Waals surface area contributed by atoms with Crippen molar-refractivity contribution in [2.45, 2.75) is 18.4 Å². The zero-order chi connectivity index (χ0) is 22.4. The molecule has 3 aromatic rings. The maximum absolute atomic E-state index is 12.4. The van der Waals surface area contributed by atoms with Crippen LogP contribution in [0.1, 0.15) is 21.7 Å². The van der Waals surface area contributed by atoms with Crippen molar-refractivity contribution in [3.63, 3.8) is 0 Å². The van der Waals surface area contributed by atoms with Crippen LogP contribution in [0, 0.1) is 0 Å². The van der Waals surface area contributed by atoms with E-state index in [2.05, 4.69) is 25.6 Å². The Bertz CT molecular complexity index is 1180. The first-order valence-electron chi connectivity index (χ1n) is 8.92. The first-order valence-corrected chi connectivity index (χ1v) is 11.2. The third-order valence-corrected chi connectivity index (χ3v) is 6.25. The second-order valence-corrected chi connectivity index (χ2v) is 9.04. The van der Waals surface area contributed by atoms with Gasteiger partial charge in [-0.1, -0.05) is 11.3 Å². The number of hydrogen-bond donors (Lipinski definition) is 3. The highest BCUT2D eigenvalue weighted by Gasteiger charge is 2.17. The lowest BCUT2D eigenvalue weighted by Crippen LogP contribution is -2.23. The molecule has 162 valence electrons. The molecule has 0 saturated heterocycles. The zero-order valence-electron chi connectivity index (χ0n) is 16.6. The van der Waals surface area contributed by atoms with Gasteiger partial charge in [0.25, 0.3) is 5.91 Å². The summed E-state index contributed by atoms with van der Waals surface area (Å²) in [5.41, 5.74) is 1.05. The zero-order valence-corrected chi connectivity index (χ0v) is 18.2. The van der Waals surface area contributed by atoms with Crippen molar-refractivity contribution < 1.29 is 22.7 Å². The lowest BCUT2D eigenvalue weighted by atomic mass is 10.3. The lowest BCUT2D eigenvalue weighted by molar-refractivity contribution is -0.114. The summed E-state index contributed by atoms with van der Waals surface area (Å²) >= 11 is 0.980. The molecule has 0 aliphatic carbocycles. The SMILES string of the molecule is COc1ccc(NC(=O)c2nnc(CNS(=O)(=O)c3ccc(NC(C)=O)cc3)s2)cc1. The number of benzene rings is 2. The van der Waals surface area contributed by atoms with E-state index in [-0.39, 0.29) is 22.4 Å². The first kappa shape index (κ1) is 22.3. The van der Waals surface area contributed by atoms with Gasteiger partial charge in [0.2, 0.25) is 20.9 Å². The molecule has 0 bridgehead atoms. The van der Waals surface area contributed by atoms with Crippen molar-refractivity contribution >= 4 is 44.5 Å². The van der Waals surface area contributed by atoms with Gasteiger partial charge in [-0.25, -0.2) is 13.1 Å². The molecule has 0 aliphatic heterocycles. The van der Waals surface area contributed by atoms with Gasteiger partial charge in [0.1, 0.15) is 10.8 Å². The summed E-state index contributed by atoms with van der Waals surface area (Å²) in [5.74, 6) is -0.0459. The van der Waals surface area contributed by atoms with E-state index in [0.29, 0.717) is 22.1 Å². The second kappa shape index (κ2) is 9.64. The smallest absolute Gasteiger partial charge is 0.286 e. The van der Waals surface area contributed by atoms with Crippen molar-refractivity contribution in [1.29, 1.82) is 0 Å². The third kappa shape index (κ3) is 6.07. The molecule has 0 radical (unpaired) electrons. The van der Waals surface area contributed by atoms with Gasteiger partial charge in [0.05, 0.1) is 18.6 Å². The number of carbonyl (C=O) groups excluding carboxylic acids is 2. The van der Waals surface area contributed by atoms with E-state index >= 15 is 0 Å². The molecule has 10 nitrogen and oxygen atoms in total. The fraction of sp³-hybridized carbons (Fsp3) is 0.158. The Morgan fingerprint density at radius 3 is 2.19 bits per heavy atom. The van der Waals surface area contributed by atoms with E-state index in [4.69, 9.17) is 4.74 Å². The monoisotopic (exact) mass is 461 g/mol. The van der Waals surface area contributed by atoms with E-state index in [1.54, 1.807) is 31.4 Å². The van der Waals surface area contributed by atoms with Crippen LogP contribution in [-0.2, 0) is 21.4 Å². The fourth-order valence-electron chi connectivity index (χ4n) is 2.44. The number of amides is 2. The summed E-state index contributed by atoms with van der Waals surface area (Å²) in [5, 5.41) is 13.4. The molecule has 0 aliphatic rings. The number of rotatable bonds is 8. The molecule has 31 heavy (non-hydrogen) atoms. The summed E-state index contributed by atoms with van der Waals surface area (Å²) in [7, 11) is -2.26. The van der Waals surface area contributed by atoms with Crippen molar-refractivity contribution in [3.05, 3.63) is 58.5 Å². The van der Waals surface area contributed by atoms with E-state index in [1.165, 1.54) is 31.2 Å². The fourth-order valence-corrected chi connectivity index (χ4v) is 4.19. The average Bonchev–Trinajstić information content (AvgIpc) is 3.22. The van der Waals surface area contributed by atoms with Gasteiger partial charge in [-0.2, -0.15) is 0 Å². The molecule has 3 N–H and O–H groups in total. The van der Waals surface area contributed by atoms with Crippen LogP contribution in [-0.4, -0.2) is 37.5 Å². The quantitative estimate of drug-likeness (QED) is 0.467. The summed E-state index contributed by atoms with van der Waals surface area (Å²) in [6, 6.07) is 12.5. The Morgan fingerprint density at radius 1 is 0.968 bits per heavy atom. The Hall–Kier alpha value is -3.35. The molecule has 1 aromatic heterocycles. The molecule has 0 spiro atoms. The highest BCUT2D eigenvalue weighted by Crippen LogP contribution is 2.18. The highest BCUT2D eigenvalue weighted by molar-refractivity contribution is 7.89. The van der Waals surface area contributed by atoms with E-state index < -0.39 is 15.9 Å². The molecule has 0 atom stereocenters. The van der Waals surface area contributed by atoms with Gasteiger partial charge in [-0.05, 0) is 48.5 Å². The molecule has 0 unspecified atom stereocenters. The Balaban J connectivity index is 1.59. The molecule has 0 fully saturated rings. The standard InChI is InChI=1S/C19H19N5O5S2/c1-12(25)21-13-5-9-16(10-6-13)31(27,28)20-11-17-23-24-19(30-17)18(26)22-14-3-7-15(29-2)8-4-14/h3-10,20H,11H2,1-2H3,(H,21,25)(H,22,26). The maximum Gasteiger partial charge on any atom is 0.286 e. The minimum atomic E-state index is -3.81. The number of anilines is 2. The van der Waals surface area contributed by atoms with Gasteiger partial charge in [0, 0.05) is 18.3 Å². The normalized spacial score (nSPS) is 11.0. The maximum atomic E-state index is 12.4. The summed E-state index contributed by atoms with van der Waals surface area (Å²) in [6.07, 6.45) is 0. The summed E-state index contributed by atoms with van der Waals surface area (Å²) < 4.78 is 32.4. The molecule has 2 aromatic carbocycles. The van der Waals surface area contributed by atoms with Gasteiger partial charge in [0.15, 0.2) is 0 Å². The van der Waals surface area contributed by atoms with Crippen LogP contribution in [0.2, 0.25) is 0 Å². The van der Waals surface area contributed by atoms with Crippen LogP contribution in [0.5, 0.6) is 5.75 Å². The molecular formula is C19H19N5O5S2. The molecule has 0 saturated carbocycles. The second-order valence-electron chi connectivity index (χ2n) is 6.21. The van der Waals surface area contributed by atoms with Crippen LogP contribution in [0.3, 0.4) is 0 Å². The Labute approximate surface area is 182 Å². The first-order chi connectivity index (χ1) is 14.8. The average molecular weight is 462 g/mol. The molecule has 1 heterocycles. The van der Waals surface area contributed by atoms with Crippen molar-refractivity contribution in [2.75, 3.05) is 17.7 Å². The van der Waals surface area contributed by atoms with Gasteiger partial charge < -0.3 is 15.4 Å². The van der Waals surface area contributed by atoms with Crippen LogP contribution >= 0.6 is 11.3 Å². The summed E-state index contributed by atoms with van der Waals surface area (Å²) in [6.45, 7) is 1.24. The molecular weight excluding hydrogens is 442 g/mol. The van der Waals surface area contributed by atoms with Crippen molar-refractivity contribution in [3.8, 4) is 5.75 Å². The number of nitrogens with one attached hydrogen (secondary N) is 3. The topological polar surface area (TPSA) is 139 Å². The molecule has 3 rings (SSSR count). The number of hydrogen-bond acceptors (Lipinski definition) is 8. The minimum absolute atomic E-state index is 0.0311. The van der Waals surface area contributed by atoms with E-state index in [9.17, 15) is 18.0 Å². The highest BCUT2D eigenvalue weighted by atomic mass is 32.2. The van der Waals surface area contributed by atoms with Gasteiger partial charge >= 0.3 is 0 Å². The van der Waals surface area contributed by atoms with Crippen LogP contribution in [0.25, 0.3) is 0 Å². The predicted molar refractivity (Wildman–Crippen MR) is 116 cm³/mol. The molecule has 12 heteroatoms. The number of carbonyl (C=O) groups is 2. The van der Waals surface area contributed by atoms with Crippen molar-refractivity contribution in [2.24, 2.45) is 0 Å². The Kier molecular flexibility index (Phi) is 6.95. The minimum Gasteiger partial charge on any atom is -0.497 e. The number of ether oxygens (including phenoxy) is 1. The Morgan fingerprint density at radius 2 is 1.58 bits per heavy atom. The third-order valence-electron chi connectivity index (χ3n) is 3.91. The lowest BCUT2D eigenvalue weighted by Gasteiger charge is -2.06. The van der Waals surface area contributed by atoms with Crippen molar-refractivity contribution in [1.82, 2.24) is 14.9 Å². The number of methoxy groups -OCH3 is 1.